The number of hydrogen-bond donors (Lipinski definition) is 2. The zero-order valence-corrected chi connectivity index (χ0v) is 26.7. The lowest BCUT2D eigenvalue weighted by molar-refractivity contribution is -0.129. The van der Waals surface area contributed by atoms with Crippen molar-refractivity contribution in [3.8, 4) is 6.07 Å². The minimum Gasteiger partial charge on any atom is -0.337 e. The first-order valence-corrected chi connectivity index (χ1v) is 17.0. The van der Waals surface area contributed by atoms with Gasteiger partial charge in [0, 0.05) is 33.8 Å². The number of anilines is 3. The molecule has 3 heterocycles. The lowest BCUT2D eigenvalue weighted by Crippen LogP contribution is -2.49. The first-order chi connectivity index (χ1) is 21.4. The number of allylic oxidation sites excluding steroid dienone is 2. The van der Waals surface area contributed by atoms with Gasteiger partial charge in [0.05, 0.1) is 34.3 Å². The number of nitrogens with zero attached hydrogens (tertiary/aromatic N) is 3. The number of amides is 4. The Morgan fingerprint density at radius 2 is 1.93 bits per heavy atom. The number of para-hydroxylation sites is 1. The van der Waals surface area contributed by atoms with Crippen molar-refractivity contribution >= 4 is 69.1 Å². The van der Waals surface area contributed by atoms with Crippen LogP contribution in [0.25, 0.3) is 0 Å². The van der Waals surface area contributed by atoms with Gasteiger partial charge in [0.1, 0.15) is 11.1 Å². The van der Waals surface area contributed by atoms with Crippen molar-refractivity contribution in [2.45, 2.75) is 59.6 Å². The number of urea groups is 1. The number of carbonyl (C=O) groups is 3. The highest BCUT2D eigenvalue weighted by molar-refractivity contribution is 8.00. The minimum atomic E-state index is -0.411. The summed E-state index contributed by atoms with van der Waals surface area (Å²) in [4.78, 5) is 45.5. The maximum absolute atomic E-state index is 13.7. The molecule has 2 aliphatic heterocycles. The van der Waals surface area contributed by atoms with Gasteiger partial charge in [0.25, 0.3) is 0 Å². The highest BCUT2D eigenvalue weighted by atomic mass is 32.2. The largest absolute Gasteiger partial charge is 0.337 e. The third-order valence-electron chi connectivity index (χ3n) is 7.84. The number of rotatable bonds is 6. The zero-order chi connectivity index (χ0) is 30.8. The van der Waals surface area contributed by atoms with E-state index in [9.17, 15) is 19.6 Å². The Balaban J connectivity index is 1.16. The van der Waals surface area contributed by atoms with Gasteiger partial charge in [-0.1, -0.05) is 49.4 Å². The van der Waals surface area contributed by atoms with Gasteiger partial charge in [-0.05, 0) is 48.7 Å². The molecule has 0 fully saturated rings. The van der Waals surface area contributed by atoms with E-state index in [1.54, 1.807) is 23.6 Å². The van der Waals surface area contributed by atoms with Crippen molar-refractivity contribution in [1.29, 1.82) is 5.26 Å². The van der Waals surface area contributed by atoms with Crippen molar-refractivity contribution in [2.75, 3.05) is 22.1 Å². The van der Waals surface area contributed by atoms with Gasteiger partial charge in [-0.2, -0.15) is 5.26 Å². The second-order valence-corrected chi connectivity index (χ2v) is 14.3. The molecule has 0 saturated heterocycles. The van der Waals surface area contributed by atoms with Crippen LogP contribution in [0.4, 0.5) is 21.2 Å². The maximum atomic E-state index is 13.7. The summed E-state index contributed by atoms with van der Waals surface area (Å²) < 4.78 is 0. The van der Waals surface area contributed by atoms with Gasteiger partial charge in [-0.15, -0.1) is 34.9 Å². The predicted molar refractivity (Wildman–Crippen MR) is 178 cm³/mol. The van der Waals surface area contributed by atoms with E-state index in [0.29, 0.717) is 42.2 Å². The molecule has 1 aromatic heterocycles. The number of hydrogen-bond acceptors (Lipinski definition) is 7. The monoisotopic (exact) mass is 641 g/mol. The van der Waals surface area contributed by atoms with Crippen LogP contribution in [0, 0.1) is 11.3 Å². The third kappa shape index (κ3) is 6.02. The topological polar surface area (TPSA) is 106 Å². The molecule has 224 valence electrons. The molecular formula is C33H31N5O3S3. The van der Waals surface area contributed by atoms with Crippen LogP contribution in [0.5, 0.6) is 0 Å². The van der Waals surface area contributed by atoms with Crippen molar-refractivity contribution in [3.63, 3.8) is 0 Å². The summed E-state index contributed by atoms with van der Waals surface area (Å²) in [6.07, 6.45) is 9.37. The summed E-state index contributed by atoms with van der Waals surface area (Å²) in [6.45, 7) is 4.52. The molecule has 8 nitrogen and oxygen atoms in total. The molecule has 1 aliphatic carbocycles. The second kappa shape index (κ2) is 12.9. The Kier molecular flexibility index (Phi) is 8.84. The van der Waals surface area contributed by atoms with Crippen LogP contribution in [0.15, 0.2) is 82.6 Å². The Bertz CT molecular complexity index is 1730. The summed E-state index contributed by atoms with van der Waals surface area (Å²) in [5.41, 5.74) is 2.95. The fourth-order valence-corrected chi connectivity index (χ4v) is 9.10. The fraction of sp³-hybridized carbons (Fsp3) is 0.273. The van der Waals surface area contributed by atoms with Crippen LogP contribution in [0.1, 0.15) is 36.3 Å². The number of thioether (sulfide) groups is 2. The first kappa shape index (κ1) is 30.1. The number of nitriles is 1. The zero-order valence-electron chi connectivity index (χ0n) is 24.3. The van der Waals surface area contributed by atoms with E-state index in [1.807, 2.05) is 72.5 Å². The maximum Gasteiger partial charge on any atom is 0.326 e. The number of nitrogens with one attached hydrogen (secondary N) is 2. The molecule has 11 heteroatoms. The van der Waals surface area contributed by atoms with E-state index < -0.39 is 5.25 Å². The van der Waals surface area contributed by atoms with Crippen molar-refractivity contribution in [2.24, 2.45) is 0 Å². The first-order valence-electron chi connectivity index (χ1n) is 14.4. The van der Waals surface area contributed by atoms with Crippen LogP contribution in [-0.4, -0.2) is 45.8 Å². The van der Waals surface area contributed by atoms with Crippen molar-refractivity contribution in [1.82, 2.24) is 4.90 Å². The Hall–Kier alpha value is -3.98. The van der Waals surface area contributed by atoms with Crippen LogP contribution in [0.3, 0.4) is 0 Å². The van der Waals surface area contributed by atoms with E-state index in [4.69, 9.17) is 0 Å². The molecule has 44 heavy (non-hydrogen) atoms. The number of thiophene rings is 1. The predicted octanol–water partition coefficient (Wildman–Crippen LogP) is 7.04. The average molecular weight is 642 g/mol. The minimum absolute atomic E-state index is 0.000862. The second-order valence-electron chi connectivity index (χ2n) is 10.7. The van der Waals surface area contributed by atoms with E-state index in [-0.39, 0.29) is 29.1 Å². The van der Waals surface area contributed by atoms with E-state index in [1.165, 1.54) is 23.1 Å². The van der Waals surface area contributed by atoms with E-state index >= 15 is 0 Å². The average Bonchev–Trinajstić information content (AvgIpc) is 3.38. The normalized spacial score (nSPS) is 18.8. The highest BCUT2D eigenvalue weighted by Crippen LogP contribution is 2.44. The smallest absolute Gasteiger partial charge is 0.326 e. The molecule has 0 saturated carbocycles. The Labute approximate surface area is 269 Å². The van der Waals surface area contributed by atoms with E-state index in [2.05, 4.69) is 28.9 Å². The Morgan fingerprint density at radius 1 is 1.11 bits per heavy atom. The quantitative estimate of drug-likeness (QED) is 0.280. The van der Waals surface area contributed by atoms with Crippen LogP contribution in [-0.2, 0) is 22.6 Å². The van der Waals surface area contributed by atoms with Crippen LogP contribution >= 0.6 is 34.9 Å². The molecule has 2 aromatic carbocycles. The van der Waals surface area contributed by atoms with Gasteiger partial charge in [0.15, 0.2) is 0 Å². The molecule has 3 aliphatic rings. The number of fused-ring (bicyclic) bond motifs is 3. The van der Waals surface area contributed by atoms with Crippen LogP contribution < -0.4 is 15.5 Å². The number of benzene rings is 2. The summed E-state index contributed by atoms with van der Waals surface area (Å²) in [5, 5.41) is 16.2. The standard InChI is InChI=1S/C33H31N5O3S3/c1-3-27(31(40)36-32-24(18-34)23-15-16-37(20(2)39)19-30(23)44-32)42-22-10-8-9-21(17-22)35-33(41)38-25-11-4-6-13-28(25)43-29-14-7-5-12-26(29)38/h4-14,17,25,27-28H,3,15-16,19H2,1-2H3,(H,35,41)(H,36,40). The SMILES string of the molecule is CCC(Sc1cccc(NC(=O)N2c3ccccc3SC3C=CC=CC32)c1)C(=O)Nc1sc2c(c1C#N)CCN(C(C)=O)C2. The molecule has 3 atom stereocenters. The van der Waals surface area contributed by atoms with Gasteiger partial charge < -0.3 is 15.5 Å². The summed E-state index contributed by atoms with van der Waals surface area (Å²) in [6, 6.07) is 17.4. The van der Waals surface area contributed by atoms with Gasteiger partial charge in [-0.25, -0.2) is 4.79 Å². The molecular weight excluding hydrogens is 611 g/mol. The molecule has 2 N–H and O–H groups in total. The van der Waals surface area contributed by atoms with Gasteiger partial charge >= 0.3 is 6.03 Å². The lowest BCUT2D eigenvalue weighted by atomic mass is 10.0. The van der Waals surface area contributed by atoms with Gasteiger partial charge in [0.2, 0.25) is 11.8 Å². The van der Waals surface area contributed by atoms with Crippen LogP contribution in [0.2, 0.25) is 0 Å². The summed E-state index contributed by atoms with van der Waals surface area (Å²) >= 11 is 4.56. The highest BCUT2D eigenvalue weighted by Gasteiger charge is 2.36. The molecule has 4 amide bonds. The third-order valence-corrected chi connectivity index (χ3v) is 11.6. The molecule has 0 bridgehead atoms. The fourth-order valence-electron chi connectivity index (χ4n) is 5.61. The molecule has 3 aromatic rings. The lowest BCUT2D eigenvalue weighted by Gasteiger charge is -2.40. The molecule has 0 radical (unpaired) electrons. The number of carbonyl (C=O) groups excluding carboxylic acids is 3. The van der Waals surface area contributed by atoms with Crippen molar-refractivity contribution in [3.05, 3.63) is 88.8 Å². The summed E-state index contributed by atoms with van der Waals surface area (Å²) in [7, 11) is 0. The Morgan fingerprint density at radius 3 is 2.73 bits per heavy atom. The summed E-state index contributed by atoms with van der Waals surface area (Å²) in [5.74, 6) is -0.183. The molecule has 3 unspecified atom stereocenters. The van der Waals surface area contributed by atoms with E-state index in [0.717, 1.165) is 25.9 Å². The van der Waals surface area contributed by atoms with Gasteiger partial charge in [-0.3, -0.25) is 14.5 Å². The van der Waals surface area contributed by atoms with Crippen molar-refractivity contribution < 1.29 is 14.4 Å². The molecule has 0 spiro atoms. The molecule has 6 rings (SSSR count).